The first-order valence-corrected chi connectivity index (χ1v) is 7.44. The summed E-state index contributed by atoms with van der Waals surface area (Å²) in [7, 11) is 0. The number of pyridine rings is 1. The second-order valence-corrected chi connectivity index (χ2v) is 5.72. The van der Waals surface area contributed by atoms with E-state index in [0.29, 0.717) is 0 Å². The Labute approximate surface area is 123 Å². The summed E-state index contributed by atoms with van der Waals surface area (Å²) in [4.78, 5) is 8.82. The Kier molecular flexibility index (Phi) is 3.16. The average Bonchev–Trinajstić information content (AvgIpc) is 3.25. The van der Waals surface area contributed by atoms with Crippen LogP contribution in [0, 0.1) is 0 Å². The minimum Gasteiger partial charge on any atom is -0.333 e. The fourth-order valence-electron chi connectivity index (χ4n) is 2.55. The molecular weight excluding hydrogens is 260 g/mol. The number of aromatic nitrogens is 3. The molecule has 4 heteroatoms. The summed E-state index contributed by atoms with van der Waals surface area (Å²) >= 11 is 0. The maximum Gasteiger partial charge on any atom is 0.0953 e. The Morgan fingerprint density at radius 3 is 3.05 bits per heavy atom. The fraction of sp³-hybridized carbons (Fsp3) is 0.294. The van der Waals surface area contributed by atoms with Crippen LogP contribution in [0.15, 0.2) is 49.1 Å². The molecule has 0 atom stereocenters. The van der Waals surface area contributed by atoms with Crippen molar-refractivity contribution in [2.24, 2.45) is 0 Å². The van der Waals surface area contributed by atoms with Crippen molar-refractivity contribution in [2.75, 3.05) is 0 Å². The lowest BCUT2D eigenvalue weighted by atomic mass is 10.1. The molecule has 1 aliphatic rings. The van der Waals surface area contributed by atoms with Crippen molar-refractivity contribution in [3.05, 3.63) is 60.3 Å². The van der Waals surface area contributed by atoms with Gasteiger partial charge in [0.1, 0.15) is 0 Å². The molecule has 0 saturated heterocycles. The van der Waals surface area contributed by atoms with Gasteiger partial charge in [-0.3, -0.25) is 4.98 Å². The minimum atomic E-state index is 0.725. The molecule has 4 nitrogen and oxygen atoms in total. The highest BCUT2D eigenvalue weighted by atomic mass is 15.1. The van der Waals surface area contributed by atoms with Crippen molar-refractivity contribution in [1.82, 2.24) is 19.9 Å². The first-order chi connectivity index (χ1) is 10.4. The molecule has 0 unspecified atom stereocenters. The summed E-state index contributed by atoms with van der Waals surface area (Å²) in [6.07, 6.45) is 8.49. The number of hydrogen-bond donors (Lipinski definition) is 1. The highest BCUT2D eigenvalue weighted by molar-refractivity contribution is 5.78. The zero-order valence-corrected chi connectivity index (χ0v) is 11.9. The Morgan fingerprint density at radius 2 is 2.14 bits per heavy atom. The van der Waals surface area contributed by atoms with Crippen LogP contribution >= 0.6 is 0 Å². The third-order valence-electron chi connectivity index (χ3n) is 3.87. The van der Waals surface area contributed by atoms with Crippen LogP contribution in [-0.2, 0) is 13.1 Å². The van der Waals surface area contributed by atoms with Gasteiger partial charge < -0.3 is 9.88 Å². The van der Waals surface area contributed by atoms with Crippen molar-refractivity contribution in [3.63, 3.8) is 0 Å². The summed E-state index contributed by atoms with van der Waals surface area (Å²) in [5.74, 6) is 0. The predicted molar refractivity (Wildman–Crippen MR) is 82.9 cm³/mol. The molecule has 1 N–H and O–H groups in total. The maximum atomic E-state index is 4.46. The van der Waals surface area contributed by atoms with Crippen LogP contribution in [-0.4, -0.2) is 20.6 Å². The SMILES string of the molecule is c1cnc2ccc(Cn3cnc(CNC4CC4)c3)cc2c1. The molecule has 0 amide bonds. The molecule has 0 spiro atoms. The van der Waals surface area contributed by atoms with Crippen LogP contribution in [0.2, 0.25) is 0 Å². The average molecular weight is 278 g/mol. The number of fused-ring (bicyclic) bond motifs is 1. The van der Waals surface area contributed by atoms with Crippen LogP contribution in [0.1, 0.15) is 24.1 Å². The number of hydrogen-bond acceptors (Lipinski definition) is 3. The maximum absolute atomic E-state index is 4.46. The van der Waals surface area contributed by atoms with Gasteiger partial charge in [0, 0.05) is 36.9 Å². The van der Waals surface area contributed by atoms with Gasteiger partial charge in [0.15, 0.2) is 0 Å². The lowest BCUT2D eigenvalue weighted by Crippen LogP contribution is -2.15. The molecule has 0 aliphatic heterocycles. The van der Waals surface area contributed by atoms with Gasteiger partial charge in [-0.1, -0.05) is 12.1 Å². The third kappa shape index (κ3) is 2.95. The number of rotatable bonds is 5. The van der Waals surface area contributed by atoms with E-state index < -0.39 is 0 Å². The molecule has 1 aromatic carbocycles. The summed E-state index contributed by atoms with van der Waals surface area (Å²) in [5, 5.41) is 4.68. The van der Waals surface area contributed by atoms with Gasteiger partial charge in [0.2, 0.25) is 0 Å². The molecular formula is C17H18N4. The molecule has 106 valence electrons. The minimum absolute atomic E-state index is 0.725. The van der Waals surface area contributed by atoms with E-state index in [-0.39, 0.29) is 0 Å². The van der Waals surface area contributed by atoms with Crippen LogP contribution in [0.25, 0.3) is 10.9 Å². The summed E-state index contributed by atoms with van der Waals surface area (Å²) in [6, 6.07) is 11.2. The van der Waals surface area contributed by atoms with Crippen LogP contribution < -0.4 is 5.32 Å². The normalized spacial score (nSPS) is 14.7. The fourth-order valence-corrected chi connectivity index (χ4v) is 2.55. The van der Waals surface area contributed by atoms with Gasteiger partial charge in [-0.15, -0.1) is 0 Å². The Bertz CT molecular complexity index is 758. The Balaban J connectivity index is 1.48. The van der Waals surface area contributed by atoms with E-state index >= 15 is 0 Å². The topological polar surface area (TPSA) is 42.7 Å². The van der Waals surface area contributed by atoms with Crippen molar-refractivity contribution < 1.29 is 0 Å². The monoisotopic (exact) mass is 278 g/mol. The van der Waals surface area contributed by atoms with Crippen molar-refractivity contribution >= 4 is 10.9 Å². The zero-order valence-electron chi connectivity index (χ0n) is 11.9. The molecule has 0 bridgehead atoms. The van der Waals surface area contributed by atoms with E-state index in [9.17, 15) is 0 Å². The zero-order chi connectivity index (χ0) is 14.1. The quantitative estimate of drug-likeness (QED) is 0.780. The standard InChI is InChI=1S/C17H18N4/c1-2-14-8-13(3-6-17(14)18-7-1)10-21-11-16(20-12-21)9-19-15-4-5-15/h1-3,6-8,11-12,15,19H,4-5,9-10H2. The molecule has 1 fully saturated rings. The number of benzene rings is 1. The van der Waals surface area contributed by atoms with E-state index in [2.05, 4.69) is 50.3 Å². The molecule has 2 aromatic heterocycles. The Hall–Kier alpha value is -2.20. The molecule has 3 aromatic rings. The molecule has 1 aliphatic carbocycles. The summed E-state index contributed by atoms with van der Waals surface area (Å²) in [5.41, 5.74) is 3.43. The van der Waals surface area contributed by atoms with Crippen LogP contribution in [0.4, 0.5) is 0 Å². The van der Waals surface area contributed by atoms with E-state index in [1.54, 1.807) is 0 Å². The van der Waals surface area contributed by atoms with Gasteiger partial charge in [-0.25, -0.2) is 4.98 Å². The number of nitrogens with one attached hydrogen (secondary N) is 1. The first kappa shape index (κ1) is 12.5. The van der Waals surface area contributed by atoms with Gasteiger partial charge in [0.05, 0.1) is 17.5 Å². The smallest absolute Gasteiger partial charge is 0.0953 e. The predicted octanol–water partition coefficient (Wildman–Crippen LogP) is 2.73. The van der Waals surface area contributed by atoms with E-state index in [1.165, 1.54) is 23.8 Å². The van der Waals surface area contributed by atoms with Gasteiger partial charge >= 0.3 is 0 Å². The van der Waals surface area contributed by atoms with Gasteiger partial charge in [0.25, 0.3) is 0 Å². The van der Waals surface area contributed by atoms with Crippen molar-refractivity contribution in [2.45, 2.75) is 32.0 Å². The molecule has 2 heterocycles. The van der Waals surface area contributed by atoms with E-state index in [0.717, 1.165) is 30.3 Å². The second kappa shape index (κ2) is 5.30. The molecule has 1 saturated carbocycles. The van der Waals surface area contributed by atoms with E-state index in [1.807, 2.05) is 18.6 Å². The highest BCUT2D eigenvalue weighted by Gasteiger charge is 2.20. The molecule has 21 heavy (non-hydrogen) atoms. The second-order valence-electron chi connectivity index (χ2n) is 5.72. The number of nitrogens with zero attached hydrogens (tertiary/aromatic N) is 3. The third-order valence-corrected chi connectivity index (χ3v) is 3.87. The number of imidazole rings is 1. The lowest BCUT2D eigenvalue weighted by Gasteiger charge is -2.04. The lowest BCUT2D eigenvalue weighted by molar-refractivity contribution is 0.676. The summed E-state index contributed by atoms with van der Waals surface area (Å²) < 4.78 is 2.14. The molecule has 4 rings (SSSR count). The summed E-state index contributed by atoms with van der Waals surface area (Å²) in [6.45, 7) is 1.72. The highest BCUT2D eigenvalue weighted by Crippen LogP contribution is 2.19. The Morgan fingerprint density at radius 1 is 1.19 bits per heavy atom. The largest absolute Gasteiger partial charge is 0.333 e. The van der Waals surface area contributed by atoms with Crippen molar-refractivity contribution in [1.29, 1.82) is 0 Å². The molecule has 0 radical (unpaired) electrons. The van der Waals surface area contributed by atoms with Gasteiger partial charge in [-0.2, -0.15) is 0 Å². The first-order valence-electron chi connectivity index (χ1n) is 7.44. The van der Waals surface area contributed by atoms with E-state index in [4.69, 9.17) is 0 Å². The van der Waals surface area contributed by atoms with Crippen LogP contribution in [0.3, 0.4) is 0 Å². The van der Waals surface area contributed by atoms with Crippen molar-refractivity contribution in [3.8, 4) is 0 Å². The van der Waals surface area contributed by atoms with Crippen LogP contribution in [0.5, 0.6) is 0 Å². The van der Waals surface area contributed by atoms with Gasteiger partial charge in [-0.05, 0) is 36.6 Å².